The van der Waals surface area contributed by atoms with Crippen LogP contribution in [-0.2, 0) is 21.5 Å². The Morgan fingerprint density at radius 2 is 1.89 bits per heavy atom. The molecule has 3 rings (SSSR count). The van der Waals surface area contributed by atoms with E-state index in [1.54, 1.807) is 12.1 Å². The molecule has 0 saturated carbocycles. The fourth-order valence-electron chi connectivity index (χ4n) is 2.83. The molecule has 0 fully saturated rings. The van der Waals surface area contributed by atoms with Crippen molar-refractivity contribution >= 4 is 21.7 Å². The quantitative estimate of drug-likeness (QED) is 0.884. The second kappa shape index (κ2) is 4.18. The Hall–Kier alpha value is -1.66. The Balaban J connectivity index is 2.04. The van der Waals surface area contributed by atoms with Crippen LogP contribution in [-0.4, -0.2) is 14.2 Å². The normalized spacial score (nSPS) is 18.3. The summed E-state index contributed by atoms with van der Waals surface area (Å²) >= 11 is 0. The van der Waals surface area contributed by atoms with E-state index in [9.17, 15) is 13.2 Å². The van der Waals surface area contributed by atoms with Crippen LogP contribution in [0.25, 0.3) is 5.57 Å². The molecule has 0 aromatic heterocycles. The molecule has 1 aromatic rings. The topological polar surface area (TPSA) is 86.5 Å². The van der Waals surface area contributed by atoms with E-state index in [0.29, 0.717) is 6.42 Å². The minimum Gasteiger partial charge on any atom is -0.371 e. The predicted octanol–water partition coefficient (Wildman–Crippen LogP) is 1.33. The molecule has 1 aromatic carbocycles. The smallest absolute Gasteiger partial charge is 0.371 e. The van der Waals surface area contributed by atoms with E-state index >= 15 is 0 Å². The van der Waals surface area contributed by atoms with Gasteiger partial charge in [0.15, 0.2) is 5.78 Å². The maximum Gasteiger partial charge on any atom is 0.380 e. The predicted molar refractivity (Wildman–Crippen MR) is 69.7 cm³/mol. The molecule has 0 radical (unpaired) electrons. The summed E-state index contributed by atoms with van der Waals surface area (Å²) in [6.45, 7) is 0. The van der Waals surface area contributed by atoms with Gasteiger partial charge in [0.2, 0.25) is 0 Å². The Kier molecular flexibility index (Phi) is 2.72. The van der Waals surface area contributed by atoms with Crippen molar-refractivity contribution in [2.45, 2.75) is 25.7 Å². The van der Waals surface area contributed by atoms with Gasteiger partial charge in [-0.1, -0.05) is 6.07 Å². The van der Waals surface area contributed by atoms with Gasteiger partial charge in [0, 0.05) is 6.42 Å². The number of benzene rings is 1. The summed E-state index contributed by atoms with van der Waals surface area (Å²) in [5.41, 5.74) is 3.89. The number of Topliss-reactive ketones (excluding diaryl/α,β-unsaturated/α-hetero) is 1. The van der Waals surface area contributed by atoms with Crippen molar-refractivity contribution in [3.63, 3.8) is 0 Å². The number of allylic oxidation sites excluding steroid dienone is 2. The van der Waals surface area contributed by atoms with Crippen LogP contribution in [0.1, 0.15) is 30.4 Å². The standard InChI is InChI=1S/C13H13NO4S/c14-19(16,17)18-9-4-5-10-8(6-9)7-13(15)12-3-1-2-11(10)12/h4-6H,1-3,7H2,(H2,14,16,17). The molecule has 0 unspecified atom stereocenters. The fraction of sp³-hybridized carbons (Fsp3) is 0.308. The Labute approximate surface area is 111 Å². The molecule has 2 N–H and O–H groups in total. The maximum absolute atomic E-state index is 12.0. The summed E-state index contributed by atoms with van der Waals surface area (Å²) in [5.74, 6) is 0.281. The third-order valence-corrected chi connectivity index (χ3v) is 3.94. The molecule has 19 heavy (non-hydrogen) atoms. The van der Waals surface area contributed by atoms with Crippen LogP contribution in [0.2, 0.25) is 0 Å². The summed E-state index contributed by atoms with van der Waals surface area (Å²) in [6.07, 6.45) is 3.06. The molecular formula is C13H13NO4S. The first-order valence-electron chi connectivity index (χ1n) is 6.05. The molecule has 0 bridgehead atoms. The lowest BCUT2D eigenvalue weighted by atomic mass is 9.86. The minimum absolute atomic E-state index is 0.132. The molecule has 6 heteroatoms. The average Bonchev–Trinajstić information content (AvgIpc) is 2.76. The van der Waals surface area contributed by atoms with Gasteiger partial charge in [-0.2, -0.15) is 13.6 Å². The molecule has 0 atom stereocenters. The molecule has 2 aliphatic rings. The molecule has 0 heterocycles. The number of nitrogens with two attached hydrogens (primary N) is 1. The first-order valence-corrected chi connectivity index (χ1v) is 7.52. The van der Waals surface area contributed by atoms with Crippen molar-refractivity contribution in [3.05, 3.63) is 34.9 Å². The van der Waals surface area contributed by atoms with Gasteiger partial charge in [0.1, 0.15) is 5.75 Å². The largest absolute Gasteiger partial charge is 0.380 e. The van der Waals surface area contributed by atoms with Crippen LogP contribution in [0.4, 0.5) is 0 Å². The number of ketones is 1. The van der Waals surface area contributed by atoms with E-state index < -0.39 is 10.3 Å². The average molecular weight is 279 g/mol. The second-order valence-corrected chi connectivity index (χ2v) is 5.96. The number of hydrogen-bond donors (Lipinski definition) is 1. The third-order valence-electron chi connectivity index (χ3n) is 3.52. The lowest BCUT2D eigenvalue weighted by molar-refractivity contribution is -0.115. The molecule has 2 aliphatic carbocycles. The summed E-state index contributed by atoms with van der Waals surface area (Å²) in [5, 5.41) is 4.83. The molecule has 0 amide bonds. The van der Waals surface area contributed by atoms with E-state index in [1.165, 1.54) is 0 Å². The zero-order valence-corrected chi connectivity index (χ0v) is 11.0. The van der Waals surface area contributed by atoms with E-state index in [2.05, 4.69) is 4.18 Å². The highest BCUT2D eigenvalue weighted by Crippen LogP contribution is 2.40. The molecule has 0 saturated heterocycles. The molecule has 0 aliphatic heterocycles. The highest BCUT2D eigenvalue weighted by atomic mass is 32.2. The molecule has 0 spiro atoms. The van der Waals surface area contributed by atoms with Crippen LogP contribution >= 0.6 is 0 Å². The summed E-state index contributed by atoms with van der Waals surface area (Å²) < 4.78 is 26.4. The number of fused-ring (bicyclic) bond motifs is 2. The van der Waals surface area contributed by atoms with Gasteiger partial charge in [0.25, 0.3) is 0 Å². The zero-order chi connectivity index (χ0) is 13.6. The summed E-state index contributed by atoms with van der Waals surface area (Å²) in [4.78, 5) is 12.0. The second-order valence-electron chi connectivity index (χ2n) is 4.81. The van der Waals surface area contributed by atoms with Crippen molar-refractivity contribution < 1.29 is 17.4 Å². The Morgan fingerprint density at radius 3 is 2.63 bits per heavy atom. The highest BCUT2D eigenvalue weighted by molar-refractivity contribution is 7.84. The third kappa shape index (κ3) is 2.29. The molecule has 100 valence electrons. The lowest BCUT2D eigenvalue weighted by Gasteiger charge is -2.18. The van der Waals surface area contributed by atoms with Gasteiger partial charge in [0.05, 0.1) is 0 Å². The van der Waals surface area contributed by atoms with Gasteiger partial charge in [-0.3, -0.25) is 4.79 Å². The van der Waals surface area contributed by atoms with Crippen LogP contribution < -0.4 is 9.32 Å². The van der Waals surface area contributed by atoms with Crippen molar-refractivity contribution in [3.8, 4) is 5.75 Å². The first-order chi connectivity index (χ1) is 8.94. The number of rotatable bonds is 2. The Bertz CT molecular complexity index is 703. The SMILES string of the molecule is NS(=O)(=O)Oc1ccc2c(c1)CC(=O)C1=C2CCC1. The van der Waals surface area contributed by atoms with Crippen LogP contribution in [0.5, 0.6) is 5.75 Å². The van der Waals surface area contributed by atoms with E-state index in [4.69, 9.17) is 5.14 Å². The monoisotopic (exact) mass is 279 g/mol. The lowest BCUT2D eigenvalue weighted by Crippen LogP contribution is -2.19. The van der Waals surface area contributed by atoms with Crippen LogP contribution in [0, 0.1) is 0 Å². The maximum atomic E-state index is 12.0. The summed E-state index contributed by atoms with van der Waals surface area (Å²) in [6, 6.07) is 4.96. The minimum atomic E-state index is -4.03. The van der Waals surface area contributed by atoms with Crippen LogP contribution in [0.3, 0.4) is 0 Å². The van der Waals surface area contributed by atoms with Crippen molar-refractivity contribution in [1.82, 2.24) is 0 Å². The first kappa shape index (κ1) is 12.4. The Morgan fingerprint density at radius 1 is 1.16 bits per heavy atom. The van der Waals surface area contributed by atoms with E-state index in [-0.39, 0.29) is 11.5 Å². The van der Waals surface area contributed by atoms with Crippen molar-refractivity contribution in [2.75, 3.05) is 0 Å². The van der Waals surface area contributed by atoms with Crippen molar-refractivity contribution in [2.24, 2.45) is 5.14 Å². The van der Waals surface area contributed by atoms with E-state index in [0.717, 1.165) is 41.5 Å². The van der Waals surface area contributed by atoms with E-state index in [1.807, 2.05) is 6.07 Å². The summed E-state index contributed by atoms with van der Waals surface area (Å²) in [7, 11) is -4.03. The van der Waals surface area contributed by atoms with Gasteiger partial charge in [-0.05, 0) is 53.7 Å². The van der Waals surface area contributed by atoms with Gasteiger partial charge < -0.3 is 4.18 Å². The molecular weight excluding hydrogens is 266 g/mol. The highest BCUT2D eigenvalue weighted by Gasteiger charge is 2.28. The van der Waals surface area contributed by atoms with Gasteiger partial charge in [-0.15, -0.1) is 0 Å². The fourth-order valence-corrected chi connectivity index (χ4v) is 3.20. The van der Waals surface area contributed by atoms with Gasteiger partial charge in [-0.25, -0.2) is 0 Å². The number of carbonyl (C=O) groups is 1. The van der Waals surface area contributed by atoms with Crippen molar-refractivity contribution in [1.29, 1.82) is 0 Å². The zero-order valence-electron chi connectivity index (χ0n) is 10.2. The van der Waals surface area contributed by atoms with Gasteiger partial charge >= 0.3 is 10.3 Å². The number of carbonyl (C=O) groups excluding carboxylic acids is 1. The van der Waals surface area contributed by atoms with Crippen LogP contribution in [0.15, 0.2) is 23.8 Å². The number of hydrogen-bond acceptors (Lipinski definition) is 4. The molecule has 5 nitrogen and oxygen atoms in total.